The van der Waals surface area contributed by atoms with Crippen LogP contribution >= 0.6 is 0 Å². The number of furan rings is 1. The van der Waals surface area contributed by atoms with Crippen molar-refractivity contribution in [1.29, 1.82) is 0 Å². The maximum Gasteiger partial charge on any atom is 0.139 e. The Hall–Kier alpha value is -2.24. The predicted molar refractivity (Wildman–Crippen MR) is 168 cm³/mol. The number of hydrogen-bond donors (Lipinski definition) is 0. The van der Waals surface area contributed by atoms with Gasteiger partial charge in [0.25, 0.3) is 0 Å². The maximum atomic E-state index is 6.43. The minimum Gasteiger partial charge on any atom is -0.490 e. The number of hydrogen-bond acceptors (Lipinski definition) is 5. The van der Waals surface area contributed by atoms with Crippen LogP contribution in [0.3, 0.4) is 0 Å². The third-order valence-electron chi connectivity index (χ3n) is 8.59. The summed E-state index contributed by atoms with van der Waals surface area (Å²) < 4.78 is 29.8. The van der Waals surface area contributed by atoms with Gasteiger partial charge in [-0.2, -0.15) is 0 Å². The van der Waals surface area contributed by atoms with Crippen LogP contribution in [0.15, 0.2) is 28.7 Å². The van der Waals surface area contributed by atoms with Gasteiger partial charge in [0.05, 0.1) is 13.2 Å². The summed E-state index contributed by atoms with van der Waals surface area (Å²) in [4.78, 5) is 0. The molecule has 2 aliphatic rings. The van der Waals surface area contributed by atoms with E-state index in [2.05, 4.69) is 38.1 Å². The van der Waals surface area contributed by atoms with Crippen molar-refractivity contribution in [1.82, 2.24) is 0 Å². The Morgan fingerprint density at radius 3 is 1.34 bits per heavy atom. The fraction of sp³-hybridized carbons (Fsp3) is 0.667. The molecule has 5 heteroatoms. The Labute approximate surface area is 247 Å². The molecular weight excluding hydrogens is 512 g/mol. The zero-order chi connectivity index (χ0) is 28.3. The van der Waals surface area contributed by atoms with Crippen LogP contribution in [0.5, 0.6) is 11.5 Å². The first-order valence-electron chi connectivity index (χ1n) is 16.8. The van der Waals surface area contributed by atoms with Gasteiger partial charge in [0.2, 0.25) is 0 Å². The second-order valence-electron chi connectivity index (χ2n) is 12.3. The highest BCUT2D eigenvalue weighted by Gasteiger charge is 2.25. The lowest BCUT2D eigenvalue weighted by Crippen LogP contribution is -2.06. The lowest BCUT2D eigenvalue weighted by molar-refractivity contribution is 0.261. The molecule has 1 aromatic heterocycles. The predicted octanol–water partition coefficient (Wildman–Crippen LogP) is 9.73. The largest absolute Gasteiger partial charge is 0.490 e. The zero-order valence-corrected chi connectivity index (χ0v) is 25.6. The molecule has 2 aromatic carbocycles. The van der Waals surface area contributed by atoms with Crippen molar-refractivity contribution in [3.8, 4) is 11.5 Å². The SMILES string of the molecule is CCCCCCCCCc1cc2c(cc1OCC1CO1)oc1cc(OCC3CO3)c(CCCCCCCCC)cc12. The quantitative estimate of drug-likeness (QED) is 0.0898. The summed E-state index contributed by atoms with van der Waals surface area (Å²) in [5.74, 6) is 1.90. The van der Waals surface area contributed by atoms with E-state index in [0.29, 0.717) is 13.2 Å². The average molecular weight is 565 g/mol. The second-order valence-corrected chi connectivity index (χ2v) is 12.3. The van der Waals surface area contributed by atoms with E-state index in [1.54, 1.807) is 0 Å². The van der Waals surface area contributed by atoms with E-state index in [1.807, 2.05) is 0 Å². The first-order chi connectivity index (χ1) is 20.2. The van der Waals surface area contributed by atoms with Gasteiger partial charge in [-0.1, -0.05) is 90.9 Å². The molecule has 2 aliphatic heterocycles. The van der Waals surface area contributed by atoms with Crippen molar-refractivity contribution >= 4 is 21.9 Å². The van der Waals surface area contributed by atoms with Gasteiger partial charge >= 0.3 is 0 Å². The van der Waals surface area contributed by atoms with E-state index < -0.39 is 0 Å². The van der Waals surface area contributed by atoms with Gasteiger partial charge < -0.3 is 23.4 Å². The Kier molecular flexibility index (Phi) is 11.7. The molecule has 0 saturated carbocycles. The third-order valence-corrected chi connectivity index (χ3v) is 8.59. The molecule has 5 rings (SSSR count). The van der Waals surface area contributed by atoms with Crippen LogP contribution in [0.1, 0.15) is 115 Å². The minimum absolute atomic E-state index is 0.233. The Morgan fingerprint density at radius 1 is 0.561 bits per heavy atom. The van der Waals surface area contributed by atoms with Crippen LogP contribution in [0.4, 0.5) is 0 Å². The van der Waals surface area contributed by atoms with Crippen LogP contribution in [0.2, 0.25) is 0 Å². The second kappa shape index (κ2) is 15.8. The molecule has 2 atom stereocenters. The van der Waals surface area contributed by atoms with E-state index in [-0.39, 0.29) is 12.2 Å². The number of benzene rings is 2. The van der Waals surface area contributed by atoms with Crippen molar-refractivity contribution in [2.45, 2.75) is 129 Å². The van der Waals surface area contributed by atoms with Crippen LogP contribution in [0.25, 0.3) is 21.9 Å². The van der Waals surface area contributed by atoms with Gasteiger partial charge in [0.15, 0.2) is 0 Å². The molecule has 41 heavy (non-hydrogen) atoms. The summed E-state index contributed by atoms with van der Waals surface area (Å²) in [5, 5.41) is 2.37. The fourth-order valence-corrected chi connectivity index (χ4v) is 5.82. The van der Waals surface area contributed by atoms with Crippen LogP contribution in [0, 0.1) is 0 Å². The van der Waals surface area contributed by atoms with Crippen molar-refractivity contribution in [2.75, 3.05) is 26.4 Å². The summed E-state index contributed by atoms with van der Waals surface area (Å²) >= 11 is 0. The first kappa shape index (κ1) is 30.2. The number of epoxide rings is 2. The normalized spacial score (nSPS) is 17.9. The molecule has 2 fully saturated rings. The standard InChI is InChI=1S/C36H52O5/c1-3-5-7-9-11-13-15-17-27-19-31-32-20-28(18-16-14-12-10-8-6-4-2)34(40-26-30-24-38-30)22-36(32)41-35(31)21-33(27)39-25-29-23-37-29/h19-22,29-30H,3-18,23-26H2,1-2H3. The summed E-state index contributed by atoms with van der Waals surface area (Å²) in [6.07, 6.45) is 20.8. The molecular formula is C36H52O5. The van der Waals surface area contributed by atoms with Crippen molar-refractivity contribution in [2.24, 2.45) is 0 Å². The lowest BCUT2D eigenvalue weighted by Gasteiger charge is -2.12. The first-order valence-corrected chi connectivity index (χ1v) is 16.8. The monoisotopic (exact) mass is 564 g/mol. The van der Waals surface area contributed by atoms with E-state index in [4.69, 9.17) is 23.4 Å². The van der Waals surface area contributed by atoms with Gasteiger partial charge in [-0.05, 0) is 48.9 Å². The summed E-state index contributed by atoms with van der Waals surface area (Å²) in [6, 6.07) is 8.89. The molecule has 2 unspecified atom stereocenters. The number of ether oxygens (including phenoxy) is 4. The molecule has 0 aliphatic carbocycles. The molecule has 0 spiro atoms. The molecule has 2 saturated heterocycles. The lowest BCUT2D eigenvalue weighted by atomic mass is 9.99. The topological polar surface area (TPSA) is 56.7 Å². The van der Waals surface area contributed by atoms with E-state index in [1.165, 1.54) is 112 Å². The van der Waals surface area contributed by atoms with Crippen LogP contribution in [-0.2, 0) is 22.3 Å². The molecule has 3 aromatic rings. The number of unbranched alkanes of at least 4 members (excludes halogenated alkanes) is 12. The number of aryl methyl sites for hydroxylation is 2. The molecule has 0 N–H and O–H groups in total. The highest BCUT2D eigenvalue weighted by molar-refractivity contribution is 6.06. The molecule has 0 amide bonds. The van der Waals surface area contributed by atoms with Crippen LogP contribution in [-0.4, -0.2) is 38.6 Å². The maximum absolute atomic E-state index is 6.43. The number of rotatable bonds is 22. The molecule has 226 valence electrons. The average Bonchev–Trinajstić information content (AvgIpc) is 3.92. The highest BCUT2D eigenvalue weighted by atomic mass is 16.6. The van der Waals surface area contributed by atoms with Crippen molar-refractivity contribution in [3.05, 3.63) is 35.4 Å². The fourth-order valence-electron chi connectivity index (χ4n) is 5.82. The van der Waals surface area contributed by atoms with E-state index in [0.717, 1.165) is 48.7 Å². The molecule has 5 nitrogen and oxygen atoms in total. The van der Waals surface area contributed by atoms with Gasteiger partial charge in [-0.15, -0.1) is 0 Å². The van der Waals surface area contributed by atoms with Gasteiger partial charge in [-0.3, -0.25) is 0 Å². The Morgan fingerprint density at radius 2 is 0.951 bits per heavy atom. The van der Waals surface area contributed by atoms with Crippen molar-refractivity contribution in [3.63, 3.8) is 0 Å². The van der Waals surface area contributed by atoms with Gasteiger partial charge in [0.1, 0.15) is 48.1 Å². The van der Waals surface area contributed by atoms with Crippen molar-refractivity contribution < 1.29 is 23.4 Å². The molecule has 0 bridgehead atoms. The van der Waals surface area contributed by atoms with Gasteiger partial charge in [-0.25, -0.2) is 0 Å². The van der Waals surface area contributed by atoms with E-state index >= 15 is 0 Å². The van der Waals surface area contributed by atoms with Gasteiger partial charge in [0, 0.05) is 22.9 Å². The third kappa shape index (κ3) is 9.38. The number of fused-ring (bicyclic) bond motifs is 3. The minimum atomic E-state index is 0.233. The highest BCUT2D eigenvalue weighted by Crippen LogP contribution is 2.38. The summed E-state index contributed by atoms with van der Waals surface area (Å²) in [7, 11) is 0. The Bertz CT molecular complexity index is 1110. The molecule has 0 radical (unpaired) electrons. The summed E-state index contributed by atoms with van der Waals surface area (Å²) in [5.41, 5.74) is 4.35. The molecule has 3 heterocycles. The summed E-state index contributed by atoms with van der Waals surface area (Å²) in [6.45, 7) is 7.38. The van der Waals surface area contributed by atoms with Crippen LogP contribution < -0.4 is 9.47 Å². The van der Waals surface area contributed by atoms with E-state index in [9.17, 15) is 0 Å². The Balaban J connectivity index is 1.33. The smallest absolute Gasteiger partial charge is 0.139 e. The zero-order valence-electron chi connectivity index (χ0n) is 25.6.